The van der Waals surface area contributed by atoms with Crippen molar-refractivity contribution in [2.45, 2.75) is 0 Å². The molecule has 0 saturated carbocycles. The summed E-state index contributed by atoms with van der Waals surface area (Å²) >= 11 is 23.8. The number of carbonyl (C=O) groups is 1. The first kappa shape index (κ1) is 18.0. The molecule has 2 rings (SSSR count). The van der Waals surface area contributed by atoms with Crippen LogP contribution in [0.3, 0.4) is 0 Å². The number of carbonyl (C=O) groups excluding carboxylic acids is 1. The molecule has 0 atom stereocenters. The van der Waals surface area contributed by atoms with Crippen LogP contribution in [0.1, 0.15) is 5.56 Å². The standard InChI is InChI=1S/C16H11Cl4NO2/c1-23-16-9(6-11(18)8-13(16)20)2-5-15(22)21-14-4-3-10(17)7-12(14)19/h2-8H,1H3,(H,21,22). The van der Waals surface area contributed by atoms with Gasteiger partial charge in [0.2, 0.25) is 5.91 Å². The Morgan fingerprint density at radius 3 is 2.39 bits per heavy atom. The van der Waals surface area contributed by atoms with Gasteiger partial charge in [0.15, 0.2) is 0 Å². The van der Waals surface area contributed by atoms with Gasteiger partial charge < -0.3 is 10.1 Å². The highest BCUT2D eigenvalue weighted by molar-refractivity contribution is 6.37. The summed E-state index contributed by atoms with van der Waals surface area (Å²) < 4.78 is 5.20. The zero-order valence-electron chi connectivity index (χ0n) is 11.9. The van der Waals surface area contributed by atoms with E-state index >= 15 is 0 Å². The molecule has 0 heterocycles. The number of rotatable bonds is 4. The molecule has 0 bridgehead atoms. The van der Waals surface area contributed by atoms with E-state index in [-0.39, 0.29) is 5.91 Å². The van der Waals surface area contributed by atoms with Crippen molar-refractivity contribution in [3.63, 3.8) is 0 Å². The third kappa shape index (κ3) is 4.79. The molecule has 0 radical (unpaired) electrons. The second-order valence-corrected chi connectivity index (χ2v) is 6.14. The van der Waals surface area contributed by atoms with Gasteiger partial charge in [-0.05, 0) is 36.4 Å². The fraction of sp³-hybridized carbons (Fsp3) is 0.0625. The molecule has 7 heteroatoms. The Morgan fingerprint density at radius 2 is 1.74 bits per heavy atom. The molecule has 0 aromatic heterocycles. The van der Waals surface area contributed by atoms with Gasteiger partial charge in [0.25, 0.3) is 0 Å². The van der Waals surface area contributed by atoms with Gasteiger partial charge in [-0.3, -0.25) is 4.79 Å². The van der Waals surface area contributed by atoms with E-state index in [1.807, 2.05) is 0 Å². The molecule has 2 aromatic rings. The van der Waals surface area contributed by atoms with Crippen molar-refractivity contribution < 1.29 is 9.53 Å². The number of halogens is 4. The molecule has 0 aliphatic rings. The molecular weight excluding hydrogens is 380 g/mol. The summed E-state index contributed by atoms with van der Waals surface area (Å²) in [5.74, 6) is 0.0667. The number of nitrogens with one attached hydrogen (secondary N) is 1. The maximum Gasteiger partial charge on any atom is 0.248 e. The van der Waals surface area contributed by atoms with E-state index in [0.717, 1.165) is 0 Å². The minimum absolute atomic E-state index is 0.350. The summed E-state index contributed by atoms with van der Waals surface area (Å²) in [6.45, 7) is 0. The van der Waals surface area contributed by atoms with Crippen LogP contribution in [-0.2, 0) is 4.79 Å². The van der Waals surface area contributed by atoms with Crippen LogP contribution in [0.25, 0.3) is 6.08 Å². The molecule has 0 aliphatic carbocycles. The average Bonchev–Trinajstić information content (AvgIpc) is 2.47. The maximum absolute atomic E-state index is 12.0. The van der Waals surface area contributed by atoms with Gasteiger partial charge >= 0.3 is 0 Å². The highest BCUT2D eigenvalue weighted by atomic mass is 35.5. The minimum atomic E-state index is -0.368. The lowest BCUT2D eigenvalue weighted by atomic mass is 10.2. The average molecular weight is 391 g/mol. The van der Waals surface area contributed by atoms with Crippen molar-refractivity contribution in [1.29, 1.82) is 0 Å². The van der Waals surface area contributed by atoms with Crippen LogP contribution in [0, 0.1) is 0 Å². The zero-order valence-corrected chi connectivity index (χ0v) is 14.9. The van der Waals surface area contributed by atoms with Crippen LogP contribution in [0.2, 0.25) is 20.1 Å². The van der Waals surface area contributed by atoms with Crippen LogP contribution < -0.4 is 10.1 Å². The monoisotopic (exact) mass is 389 g/mol. The summed E-state index contributed by atoms with van der Waals surface area (Å²) in [6.07, 6.45) is 2.88. The Labute approximate surface area is 153 Å². The predicted molar refractivity (Wildman–Crippen MR) is 97.1 cm³/mol. The lowest BCUT2D eigenvalue weighted by Gasteiger charge is -2.08. The van der Waals surface area contributed by atoms with Gasteiger partial charge in [0.05, 0.1) is 22.8 Å². The molecule has 0 fully saturated rings. The molecule has 3 nitrogen and oxygen atoms in total. The zero-order chi connectivity index (χ0) is 17.0. The van der Waals surface area contributed by atoms with Gasteiger partial charge in [-0.1, -0.05) is 46.4 Å². The first-order valence-electron chi connectivity index (χ1n) is 6.38. The largest absolute Gasteiger partial charge is 0.495 e. The van der Waals surface area contributed by atoms with Crippen LogP contribution in [0.15, 0.2) is 36.4 Å². The number of hydrogen-bond donors (Lipinski definition) is 1. The van der Waals surface area contributed by atoms with E-state index in [0.29, 0.717) is 37.1 Å². The second kappa shape index (κ2) is 7.93. The van der Waals surface area contributed by atoms with Crippen molar-refractivity contribution in [2.24, 2.45) is 0 Å². The van der Waals surface area contributed by atoms with E-state index in [4.69, 9.17) is 51.1 Å². The summed E-state index contributed by atoms with van der Waals surface area (Å²) in [6, 6.07) is 8.00. The number of benzene rings is 2. The van der Waals surface area contributed by atoms with Crippen LogP contribution >= 0.6 is 46.4 Å². The third-order valence-electron chi connectivity index (χ3n) is 2.84. The Kier molecular flexibility index (Phi) is 6.19. The van der Waals surface area contributed by atoms with E-state index < -0.39 is 0 Å². The van der Waals surface area contributed by atoms with Crippen LogP contribution in [-0.4, -0.2) is 13.0 Å². The molecule has 2 aromatic carbocycles. The Bertz CT molecular complexity index is 775. The van der Waals surface area contributed by atoms with Gasteiger partial charge in [-0.2, -0.15) is 0 Å². The quantitative estimate of drug-likeness (QED) is 0.654. The summed E-state index contributed by atoms with van der Waals surface area (Å²) in [5.41, 5.74) is 1.05. The van der Waals surface area contributed by atoms with Gasteiger partial charge in [-0.15, -0.1) is 0 Å². The molecule has 1 amide bonds. The molecule has 0 saturated heterocycles. The highest BCUT2D eigenvalue weighted by Crippen LogP contribution is 2.33. The number of ether oxygens (including phenoxy) is 1. The molecule has 0 unspecified atom stereocenters. The van der Waals surface area contributed by atoms with Crippen LogP contribution in [0.5, 0.6) is 5.75 Å². The summed E-state index contributed by atoms with van der Waals surface area (Å²) in [5, 5.41) is 4.29. The number of methoxy groups -OCH3 is 1. The molecule has 1 N–H and O–H groups in total. The topological polar surface area (TPSA) is 38.3 Å². The van der Waals surface area contributed by atoms with Crippen molar-refractivity contribution in [2.75, 3.05) is 12.4 Å². The summed E-state index contributed by atoms with van der Waals surface area (Å²) in [4.78, 5) is 12.0. The molecule has 0 spiro atoms. The SMILES string of the molecule is COc1c(Cl)cc(Cl)cc1C=CC(=O)Nc1ccc(Cl)cc1Cl. The summed E-state index contributed by atoms with van der Waals surface area (Å²) in [7, 11) is 1.49. The third-order valence-corrected chi connectivity index (χ3v) is 3.89. The number of hydrogen-bond acceptors (Lipinski definition) is 2. The number of amides is 1. The van der Waals surface area contributed by atoms with Gasteiger partial charge in [0, 0.05) is 21.7 Å². The first-order valence-corrected chi connectivity index (χ1v) is 7.89. The Balaban J connectivity index is 2.18. The molecule has 23 heavy (non-hydrogen) atoms. The van der Waals surface area contributed by atoms with Crippen molar-refractivity contribution in [3.05, 3.63) is 62.1 Å². The van der Waals surface area contributed by atoms with Crippen molar-refractivity contribution >= 4 is 64.1 Å². The Morgan fingerprint density at radius 1 is 1.04 bits per heavy atom. The highest BCUT2D eigenvalue weighted by Gasteiger charge is 2.08. The predicted octanol–water partition coefficient (Wildman–Crippen LogP) is 5.96. The van der Waals surface area contributed by atoms with Crippen LogP contribution in [0.4, 0.5) is 5.69 Å². The molecular formula is C16H11Cl4NO2. The van der Waals surface area contributed by atoms with Crippen molar-refractivity contribution in [1.82, 2.24) is 0 Å². The normalized spacial score (nSPS) is 10.8. The molecule has 120 valence electrons. The van der Waals surface area contributed by atoms with E-state index in [9.17, 15) is 4.79 Å². The Hall–Kier alpha value is -1.39. The fourth-order valence-corrected chi connectivity index (χ4v) is 2.89. The molecule has 0 aliphatic heterocycles. The smallest absolute Gasteiger partial charge is 0.248 e. The van der Waals surface area contributed by atoms with E-state index in [1.54, 1.807) is 36.4 Å². The lowest BCUT2D eigenvalue weighted by molar-refractivity contribution is -0.111. The van der Waals surface area contributed by atoms with Gasteiger partial charge in [0.1, 0.15) is 5.75 Å². The van der Waals surface area contributed by atoms with Crippen molar-refractivity contribution in [3.8, 4) is 5.75 Å². The fourth-order valence-electron chi connectivity index (χ4n) is 1.85. The minimum Gasteiger partial charge on any atom is -0.495 e. The van der Waals surface area contributed by atoms with E-state index in [2.05, 4.69) is 5.32 Å². The van der Waals surface area contributed by atoms with Gasteiger partial charge in [-0.25, -0.2) is 0 Å². The number of anilines is 1. The second-order valence-electron chi connectivity index (χ2n) is 4.46. The van der Waals surface area contributed by atoms with E-state index in [1.165, 1.54) is 13.2 Å². The maximum atomic E-state index is 12.0. The first-order chi connectivity index (χ1) is 10.9. The lowest BCUT2D eigenvalue weighted by Crippen LogP contribution is -2.08.